The van der Waals surface area contributed by atoms with Gasteiger partial charge in [0, 0.05) is 37.3 Å². The van der Waals surface area contributed by atoms with Crippen LogP contribution in [0.5, 0.6) is 0 Å². The highest BCUT2D eigenvalue weighted by molar-refractivity contribution is 5.17. The van der Waals surface area contributed by atoms with E-state index in [-0.39, 0.29) is 17.4 Å². The predicted octanol–water partition coefficient (Wildman–Crippen LogP) is -1.93. The number of nitrogens with zero attached hydrogens (tertiary/aromatic N) is 2. The summed E-state index contributed by atoms with van der Waals surface area (Å²) >= 11 is 0. The highest BCUT2D eigenvalue weighted by Crippen LogP contribution is 2.37. The summed E-state index contributed by atoms with van der Waals surface area (Å²) in [5.74, 6) is 0.396. The molecule has 8 nitrogen and oxygen atoms in total. The summed E-state index contributed by atoms with van der Waals surface area (Å²) in [5, 5.41) is 39.7. The molecule has 4 rings (SSSR count). The number of aliphatic hydroxyl groups excluding tert-OH is 4. The van der Waals surface area contributed by atoms with E-state index in [0.717, 1.165) is 12.1 Å². The monoisotopic (exact) mass is 352 g/mol. The van der Waals surface area contributed by atoms with Crippen LogP contribution in [-0.4, -0.2) is 80.2 Å². The molecule has 1 aromatic rings. The minimum atomic E-state index is -1.37. The predicted molar refractivity (Wildman–Crippen MR) is 86.9 cm³/mol. The Labute approximate surface area is 144 Å². The molecule has 1 aromatic heterocycles. The van der Waals surface area contributed by atoms with Gasteiger partial charge in [-0.15, -0.1) is 0 Å². The van der Waals surface area contributed by atoms with E-state index in [9.17, 15) is 25.2 Å². The Kier molecular flexibility index (Phi) is 4.43. The normalized spacial score (nSPS) is 41.4. The van der Waals surface area contributed by atoms with Crippen molar-refractivity contribution in [1.29, 1.82) is 0 Å². The first-order valence-corrected chi connectivity index (χ1v) is 8.74. The molecular formula is C17H24N2O6. The van der Waals surface area contributed by atoms with Gasteiger partial charge in [0.05, 0.1) is 6.61 Å². The molecule has 3 aliphatic heterocycles. The van der Waals surface area contributed by atoms with E-state index in [1.54, 1.807) is 12.1 Å². The van der Waals surface area contributed by atoms with Crippen molar-refractivity contribution in [2.24, 2.45) is 5.92 Å². The third kappa shape index (κ3) is 2.83. The minimum absolute atomic E-state index is 0.00786. The molecular weight excluding hydrogens is 328 g/mol. The molecule has 4 N–H and O–H groups in total. The third-order valence-electron chi connectivity index (χ3n) is 5.73. The van der Waals surface area contributed by atoms with Crippen LogP contribution in [0.25, 0.3) is 0 Å². The first-order valence-electron chi connectivity index (χ1n) is 8.74. The van der Waals surface area contributed by atoms with Gasteiger partial charge in [0.25, 0.3) is 5.56 Å². The van der Waals surface area contributed by atoms with E-state index in [2.05, 4.69) is 0 Å². The van der Waals surface area contributed by atoms with Gasteiger partial charge in [0.1, 0.15) is 30.6 Å². The molecule has 0 spiro atoms. The van der Waals surface area contributed by atoms with Gasteiger partial charge in [-0.25, -0.2) is 0 Å². The topological polar surface area (TPSA) is 115 Å². The number of pyridine rings is 1. The minimum Gasteiger partial charge on any atom is -0.394 e. The summed E-state index contributed by atoms with van der Waals surface area (Å²) < 4.78 is 7.52. The van der Waals surface area contributed by atoms with Crippen molar-refractivity contribution in [3.05, 3.63) is 34.2 Å². The number of hydrogen-bond donors (Lipinski definition) is 4. The Morgan fingerprint density at radius 1 is 1.08 bits per heavy atom. The Morgan fingerprint density at radius 2 is 1.88 bits per heavy atom. The van der Waals surface area contributed by atoms with Crippen LogP contribution in [0.1, 0.15) is 18.0 Å². The van der Waals surface area contributed by atoms with Crippen molar-refractivity contribution in [3.63, 3.8) is 0 Å². The number of piperidine rings is 1. The second kappa shape index (κ2) is 6.46. The maximum atomic E-state index is 12.1. The molecule has 0 aromatic carbocycles. The van der Waals surface area contributed by atoms with Crippen LogP contribution in [0.15, 0.2) is 23.0 Å². The van der Waals surface area contributed by atoms with E-state index < -0.39 is 37.3 Å². The van der Waals surface area contributed by atoms with Crippen molar-refractivity contribution in [2.75, 3.05) is 19.7 Å². The standard InChI is InChI=1S/C17H24N2O6/c20-8-12-14(22)15(23)16(24)17(25-12)18-5-9-4-10(7-18)11-2-1-3-13(21)19(11)6-9/h1-3,9-10,12,14-17,20,22-24H,4-8H2/t9-,10-,12+,14-,15+,16-,17+/m0/s1. The summed E-state index contributed by atoms with van der Waals surface area (Å²) in [6.45, 7) is 1.41. The molecule has 3 aliphatic rings. The highest BCUT2D eigenvalue weighted by Gasteiger charge is 2.48. The number of aromatic nitrogens is 1. The molecule has 2 bridgehead atoms. The van der Waals surface area contributed by atoms with Gasteiger partial charge in [0.15, 0.2) is 0 Å². The van der Waals surface area contributed by atoms with E-state index in [1.165, 1.54) is 0 Å². The van der Waals surface area contributed by atoms with Gasteiger partial charge >= 0.3 is 0 Å². The van der Waals surface area contributed by atoms with Gasteiger partial charge in [0.2, 0.25) is 0 Å². The van der Waals surface area contributed by atoms with E-state index in [1.807, 2.05) is 15.5 Å². The average molecular weight is 352 g/mol. The Hall–Kier alpha value is -1.29. The molecule has 0 saturated carbocycles. The molecule has 0 aliphatic carbocycles. The lowest BCUT2D eigenvalue weighted by atomic mass is 9.82. The quantitative estimate of drug-likeness (QED) is 0.490. The molecule has 8 heteroatoms. The number of likely N-dealkylation sites (tertiary alicyclic amines) is 1. The zero-order chi connectivity index (χ0) is 17.7. The van der Waals surface area contributed by atoms with Crippen LogP contribution in [0.3, 0.4) is 0 Å². The first kappa shape index (κ1) is 17.1. The SMILES string of the molecule is O=c1cccc2n1C[C@H]1C[C@H]2CN([C@@H]2O[C@H](CO)[C@H](O)[C@@H](O)[C@@H]2O)C1. The molecule has 2 fully saturated rings. The van der Waals surface area contributed by atoms with Crippen LogP contribution in [-0.2, 0) is 11.3 Å². The van der Waals surface area contributed by atoms with Crippen LogP contribution >= 0.6 is 0 Å². The van der Waals surface area contributed by atoms with Gasteiger partial charge in [-0.3, -0.25) is 9.69 Å². The number of rotatable bonds is 2. The second-order valence-corrected chi connectivity index (χ2v) is 7.37. The fourth-order valence-electron chi connectivity index (χ4n) is 4.53. The number of fused-ring (bicyclic) bond motifs is 4. The Morgan fingerprint density at radius 3 is 2.64 bits per heavy atom. The number of ether oxygens (including phenoxy) is 1. The molecule has 0 unspecified atom stereocenters. The summed E-state index contributed by atoms with van der Waals surface area (Å²) in [5.41, 5.74) is 0.992. The van der Waals surface area contributed by atoms with Crippen molar-refractivity contribution >= 4 is 0 Å². The number of aliphatic hydroxyl groups is 4. The lowest BCUT2D eigenvalue weighted by molar-refractivity contribution is -0.269. The smallest absolute Gasteiger partial charge is 0.250 e. The van der Waals surface area contributed by atoms with Crippen molar-refractivity contribution in [3.8, 4) is 0 Å². The van der Waals surface area contributed by atoms with E-state index in [0.29, 0.717) is 19.6 Å². The van der Waals surface area contributed by atoms with E-state index >= 15 is 0 Å². The largest absolute Gasteiger partial charge is 0.394 e. The van der Waals surface area contributed by atoms with Gasteiger partial charge in [-0.2, -0.15) is 0 Å². The third-order valence-corrected chi connectivity index (χ3v) is 5.73. The number of hydrogen-bond acceptors (Lipinski definition) is 7. The van der Waals surface area contributed by atoms with Crippen molar-refractivity contribution < 1.29 is 25.2 Å². The molecule has 7 atom stereocenters. The molecule has 0 amide bonds. The summed E-state index contributed by atoms with van der Waals surface area (Å²) in [6, 6.07) is 5.29. The molecule has 0 radical (unpaired) electrons. The van der Waals surface area contributed by atoms with Crippen LogP contribution < -0.4 is 5.56 Å². The zero-order valence-electron chi connectivity index (χ0n) is 13.8. The Balaban J connectivity index is 1.58. The van der Waals surface area contributed by atoms with Gasteiger partial charge in [-0.05, 0) is 18.4 Å². The molecule has 4 heterocycles. The van der Waals surface area contributed by atoms with Crippen LogP contribution in [0.4, 0.5) is 0 Å². The second-order valence-electron chi connectivity index (χ2n) is 7.37. The maximum Gasteiger partial charge on any atom is 0.250 e. The molecule has 138 valence electrons. The summed E-state index contributed by atoms with van der Waals surface area (Å²) in [4.78, 5) is 14.0. The average Bonchev–Trinajstić information content (AvgIpc) is 2.61. The Bertz CT molecular complexity index is 692. The van der Waals surface area contributed by atoms with Gasteiger partial charge < -0.3 is 29.7 Å². The van der Waals surface area contributed by atoms with Crippen LogP contribution in [0.2, 0.25) is 0 Å². The lowest BCUT2D eigenvalue weighted by Crippen LogP contribution is -2.65. The summed E-state index contributed by atoms with van der Waals surface area (Å²) in [6.07, 6.45) is -4.69. The van der Waals surface area contributed by atoms with Crippen LogP contribution in [0, 0.1) is 5.92 Å². The fraction of sp³-hybridized carbons (Fsp3) is 0.706. The lowest BCUT2D eigenvalue weighted by Gasteiger charge is -2.50. The zero-order valence-corrected chi connectivity index (χ0v) is 13.8. The molecule has 2 saturated heterocycles. The van der Waals surface area contributed by atoms with Crippen molar-refractivity contribution in [1.82, 2.24) is 9.47 Å². The first-order chi connectivity index (χ1) is 12.0. The van der Waals surface area contributed by atoms with E-state index in [4.69, 9.17) is 4.74 Å². The highest BCUT2D eigenvalue weighted by atomic mass is 16.6. The summed E-state index contributed by atoms with van der Waals surface area (Å²) in [7, 11) is 0. The maximum absolute atomic E-state index is 12.1. The fourth-order valence-corrected chi connectivity index (χ4v) is 4.53. The van der Waals surface area contributed by atoms with Crippen molar-refractivity contribution in [2.45, 2.75) is 49.5 Å². The van der Waals surface area contributed by atoms with Gasteiger partial charge in [-0.1, -0.05) is 6.07 Å². The molecule has 25 heavy (non-hydrogen) atoms.